The third-order valence-electron chi connectivity index (χ3n) is 5.30. The van der Waals surface area contributed by atoms with Gasteiger partial charge in [-0.05, 0) is 51.1 Å². The molecule has 1 aromatic heterocycles. The van der Waals surface area contributed by atoms with Crippen LogP contribution in [0.25, 0.3) is 0 Å². The van der Waals surface area contributed by atoms with Crippen molar-refractivity contribution < 1.29 is 0 Å². The monoisotopic (exact) mass is 304 g/mol. The van der Waals surface area contributed by atoms with Gasteiger partial charge in [0.1, 0.15) is 5.82 Å². The summed E-state index contributed by atoms with van der Waals surface area (Å²) in [7, 11) is 0. The summed E-state index contributed by atoms with van der Waals surface area (Å²) in [6.45, 7) is 14.0. The molecule has 1 aliphatic heterocycles. The highest BCUT2D eigenvalue weighted by molar-refractivity contribution is 4.94. The summed E-state index contributed by atoms with van der Waals surface area (Å²) >= 11 is 0. The number of aryl methyl sites for hydroxylation is 1. The first-order chi connectivity index (χ1) is 10.7. The van der Waals surface area contributed by atoms with E-state index < -0.39 is 0 Å². The van der Waals surface area contributed by atoms with Gasteiger partial charge in [0.25, 0.3) is 0 Å². The fourth-order valence-electron chi connectivity index (χ4n) is 3.75. The summed E-state index contributed by atoms with van der Waals surface area (Å²) in [4.78, 5) is 9.98. The lowest BCUT2D eigenvalue weighted by Gasteiger charge is -2.34. The summed E-state index contributed by atoms with van der Waals surface area (Å²) in [5.74, 6) is 2.94. The summed E-state index contributed by atoms with van der Waals surface area (Å²) in [6, 6.07) is 0.702. The van der Waals surface area contributed by atoms with Crippen molar-refractivity contribution in [3.05, 3.63) is 18.2 Å². The van der Waals surface area contributed by atoms with Crippen LogP contribution in [0.15, 0.2) is 12.4 Å². The largest absolute Gasteiger partial charge is 0.334 e. The lowest BCUT2D eigenvalue weighted by Crippen LogP contribution is -2.45. The maximum atomic E-state index is 4.57. The first-order valence-electron chi connectivity index (χ1n) is 9.13. The van der Waals surface area contributed by atoms with E-state index in [0.29, 0.717) is 6.04 Å². The molecular formula is C18H32N4. The highest BCUT2D eigenvalue weighted by Crippen LogP contribution is 2.32. The molecular weight excluding hydrogens is 272 g/mol. The van der Waals surface area contributed by atoms with Gasteiger partial charge in [-0.2, -0.15) is 0 Å². The van der Waals surface area contributed by atoms with Crippen molar-refractivity contribution in [3.63, 3.8) is 0 Å². The minimum Gasteiger partial charge on any atom is -0.334 e. The van der Waals surface area contributed by atoms with Crippen LogP contribution in [0.2, 0.25) is 0 Å². The van der Waals surface area contributed by atoms with Crippen molar-refractivity contribution in [3.8, 4) is 0 Å². The first kappa shape index (κ1) is 16.0. The smallest absolute Gasteiger partial charge is 0.122 e. The highest BCUT2D eigenvalue weighted by atomic mass is 15.3. The van der Waals surface area contributed by atoms with Crippen LogP contribution in [0.3, 0.4) is 0 Å². The summed E-state index contributed by atoms with van der Waals surface area (Å²) < 4.78 is 2.28. The zero-order valence-corrected chi connectivity index (χ0v) is 14.5. The van der Waals surface area contributed by atoms with Crippen LogP contribution in [-0.4, -0.2) is 51.6 Å². The van der Waals surface area contributed by atoms with Crippen LogP contribution in [0.1, 0.15) is 45.9 Å². The minimum atomic E-state index is 0.702. The second kappa shape index (κ2) is 7.14. The molecule has 2 fully saturated rings. The van der Waals surface area contributed by atoms with E-state index >= 15 is 0 Å². The number of rotatable bonds is 6. The van der Waals surface area contributed by atoms with Gasteiger partial charge in [0.15, 0.2) is 0 Å². The van der Waals surface area contributed by atoms with E-state index in [1.807, 2.05) is 6.20 Å². The number of aromatic nitrogens is 2. The molecule has 3 rings (SSSR count). The molecule has 4 heteroatoms. The Balaban J connectivity index is 1.65. The van der Waals surface area contributed by atoms with E-state index in [1.165, 1.54) is 51.3 Å². The maximum Gasteiger partial charge on any atom is 0.122 e. The molecule has 0 N–H and O–H groups in total. The Morgan fingerprint density at radius 2 is 2.09 bits per heavy atom. The molecule has 1 aliphatic carbocycles. The second-order valence-corrected chi connectivity index (χ2v) is 7.47. The lowest BCUT2D eigenvalue weighted by molar-refractivity contribution is 0.130. The molecule has 4 nitrogen and oxygen atoms in total. The van der Waals surface area contributed by atoms with Crippen LogP contribution in [0, 0.1) is 11.8 Å². The van der Waals surface area contributed by atoms with Gasteiger partial charge in [0.05, 0.1) is 6.54 Å². The Hall–Kier alpha value is -0.870. The number of nitrogens with zero attached hydrogens (tertiary/aromatic N) is 4. The van der Waals surface area contributed by atoms with E-state index in [-0.39, 0.29) is 0 Å². The predicted molar refractivity (Wildman–Crippen MR) is 90.7 cm³/mol. The van der Waals surface area contributed by atoms with E-state index in [0.717, 1.165) is 24.9 Å². The van der Waals surface area contributed by atoms with Gasteiger partial charge >= 0.3 is 0 Å². The first-order valence-corrected chi connectivity index (χ1v) is 9.13. The van der Waals surface area contributed by atoms with Crippen LogP contribution in [0.5, 0.6) is 0 Å². The zero-order valence-electron chi connectivity index (χ0n) is 14.5. The zero-order chi connectivity index (χ0) is 15.5. The molecule has 0 amide bonds. The molecule has 0 aromatic carbocycles. The van der Waals surface area contributed by atoms with Crippen LogP contribution >= 0.6 is 0 Å². The average Bonchev–Trinajstić information content (AvgIpc) is 3.23. The molecule has 124 valence electrons. The van der Waals surface area contributed by atoms with Crippen molar-refractivity contribution in [1.29, 1.82) is 0 Å². The van der Waals surface area contributed by atoms with E-state index in [4.69, 9.17) is 0 Å². The Morgan fingerprint density at radius 3 is 2.77 bits per heavy atom. The molecule has 0 radical (unpaired) electrons. The molecule has 1 atom stereocenters. The lowest BCUT2D eigenvalue weighted by atomic mass is 10.0. The number of imidazole rings is 1. The van der Waals surface area contributed by atoms with Crippen molar-refractivity contribution in [2.75, 3.05) is 26.2 Å². The van der Waals surface area contributed by atoms with Crippen LogP contribution < -0.4 is 0 Å². The van der Waals surface area contributed by atoms with Crippen LogP contribution in [0.4, 0.5) is 0 Å². The van der Waals surface area contributed by atoms with E-state index in [1.54, 1.807) is 0 Å². The Bertz CT molecular complexity index is 463. The maximum absolute atomic E-state index is 4.57. The molecule has 1 saturated carbocycles. The van der Waals surface area contributed by atoms with Crippen molar-refractivity contribution in [2.45, 2.75) is 59.2 Å². The second-order valence-electron chi connectivity index (χ2n) is 7.47. The minimum absolute atomic E-state index is 0.702. The molecule has 0 unspecified atom stereocenters. The van der Waals surface area contributed by atoms with Gasteiger partial charge in [-0.1, -0.05) is 13.8 Å². The fourth-order valence-corrected chi connectivity index (χ4v) is 3.75. The third kappa shape index (κ3) is 3.90. The van der Waals surface area contributed by atoms with Gasteiger partial charge < -0.3 is 4.57 Å². The van der Waals surface area contributed by atoms with Gasteiger partial charge in [-0.15, -0.1) is 0 Å². The van der Waals surface area contributed by atoms with Gasteiger partial charge in [0.2, 0.25) is 0 Å². The quantitative estimate of drug-likeness (QED) is 0.808. The Morgan fingerprint density at radius 1 is 1.27 bits per heavy atom. The Kier molecular flexibility index (Phi) is 5.19. The molecule has 1 saturated heterocycles. The normalized spacial score (nSPS) is 24.8. The molecule has 2 heterocycles. The van der Waals surface area contributed by atoms with E-state index in [9.17, 15) is 0 Å². The van der Waals surface area contributed by atoms with Gasteiger partial charge in [-0.3, -0.25) is 9.80 Å². The van der Waals surface area contributed by atoms with Crippen molar-refractivity contribution in [1.82, 2.24) is 19.4 Å². The van der Waals surface area contributed by atoms with Crippen LogP contribution in [-0.2, 0) is 13.1 Å². The summed E-state index contributed by atoms with van der Waals surface area (Å²) in [5.41, 5.74) is 0. The predicted octanol–water partition coefficient (Wildman–Crippen LogP) is 2.85. The van der Waals surface area contributed by atoms with Crippen molar-refractivity contribution >= 4 is 0 Å². The number of hydrogen-bond acceptors (Lipinski definition) is 3. The van der Waals surface area contributed by atoms with Crippen molar-refractivity contribution in [2.24, 2.45) is 11.8 Å². The third-order valence-corrected chi connectivity index (χ3v) is 5.30. The topological polar surface area (TPSA) is 24.3 Å². The fraction of sp³-hybridized carbons (Fsp3) is 0.833. The molecule has 0 bridgehead atoms. The summed E-state index contributed by atoms with van der Waals surface area (Å²) in [5, 5.41) is 0. The average molecular weight is 304 g/mol. The molecule has 0 spiro atoms. The number of hydrogen-bond donors (Lipinski definition) is 0. The summed E-state index contributed by atoms with van der Waals surface area (Å²) in [6.07, 6.45) is 8.25. The molecule has 1 aromatic rings. The Labute approximate surface area is 135 Å². The standard InChI is InChI=1S/C18H32N4/c1-4-21-11-8-19-18(21)14-20-9-5-10-22(12-16-6-7-16)17(13-20)15(2)3/h8,11,15-17H,4-7,9-10,12-14H2,1-3H3/t17-/m1/s1. The molecule has 22 heavy (non-hydrogen) atoms. The van der Waals surface area contributed by atoms with Gasteiger partial charge in [0, 0.05) is 38.1 Å². The SMILES string of the molecule is CCn1ccnc1CN1CCCN(CC2CC2)[C@@H](C(C)C)C1. The van der Waals surface area contributed by atoms with Gasteiger partial charge in [-0.25, -0.2) is 4.98 Å². The molecule has 2 aliphatic rings. The highest BCUT2D eigenvalue weighted by Gasteiger charge is 2.32. The van der Waals surface area contributed by atoms with E-state index in [2.05, 4.69) is 46.3 Å².